The van der Waals surface area contributed by atoms with Crippen LogP contribution in [0.5, 0.6) is 0 Å². The van der Waals surface area contributed by atoms with Crippen molar-refractivity contribution in [2.45, 2.75) is 39.3 Å². The van der Waals surface area contributed by atoms with Crippen LogP contribution in [-0.4, -0.2) is 28.7 Å². The fourth-order valence-corrected chi connectivity index (χ4v) is 10.0. The highest BCUT2D eigenvalue weighted by molar-refractivity contribution is 8.45. The highest BCUT2D eigenvalue weighted by Gasteiger charge is 2.22. The predicted octanol–water partition coefficient (Wildman–Crippen LogP) is 8.30. The molecule has 0 unspecified atom stereocenters. The van der Waals surface area contributed by atoms with Gasteiger partial charge in [-0.1, -0.05) is 123 Å². The zero-order chi connectivity index (χ0) is 26.1. The highest BCUT2D eigenvalue weighted by atomic mass is 32.3. The molecular formula is C30H32S4Si2. The fourth-order valence-electron chi connectivity index (χ4n) is 3.90. The highest BCUT2D eigenvalue weighted by Crippen LogP contribution is 2.57. The molecule has 0 saturated carbocycles. The van der Waals surface area contributed by atoms with Crippen LogP contribution in [0.2, 0.25) is 39.3 Å². The molecule has 0 aromatic heterocycles. The molecule has 0 atom stereocenters. The molecule has 0 fully saturated rings. The van der Waals surface area contributed by atoms with Crippen molar-refractivity contribution in [3.8, 4) is 22.9 Å². The van der Waals surface area contributed by atoms with Crippen molar-refractivity contribution < 1.29 is 0 Å². The molecule has 0 bridgehead atoms. The third-order valence-electron chi connectivity index (χ3n) is 5.42. The van der Waals surface area contributed by atoms with Crippen LogP contribution < -0.4 is 10.4 Å². The average molecular weight is 577 g/mol. The van der Waals surface area contributed by atoms with Crippen LogP contribution in [0, 0.1) is 22.9 Å². The molecule has 1 aliphatic heterocycles. The van der Waals surface area contributed by atoms with E-state index in [0.717, 1.165) is 5.57 Å². The van der Waals surface area contributed by atoms with E-state index in [-0.39, 0.29) is 0 Å². The third-order valence-corrected chi connectivity index (χ3v) is 12.4. The van der Waals surface area contributed by atoms with E-state index in [1.807, 2.05) is 47.0 Å². The Kier molecular flexibility index (Phi) is 8.57. The molecule has 0 saturated heterocycles. The van der Waals surface area contributed by atoms with Gasteiger partial charge in [-0.05, 0) is 34.1 Å². The predicted molar refractivity (Wildman–Crippen MR) is 179 cm³/mol. The summed E-state index contributed by atoms with van der Waals surface area (Å²) >= 11 is 7.53. The quantitative estimate of drug-likeness (QED) is 0.171. The smallest absolute Gasteiger partial charge is 0.126 e. The van der Waals surface area contributed by atoms with Crippen molar-refractivity contribution in [3.63, 3.8) is 0 Å². The lowest BCUT2D eigenvalue weighted by atomic mass is 9.96. The first-order chi connectivity index (χ1) is 17.0. The molecule has 1 heterocycles. The number of fused-ring (bicyclic) bond motifs is 2. The molecule has 6 heteroatoms. The van der Waals surface area contributed by atoms with Gasteiger partial charge in [-0.15, -0.1) is 34.6 Å². The van der Waals surface area contributed by atoms with Gasteiger partial charge in [0.1, 0.15) is 16.1 Å². The standard InChI is InChI=1S/C30H32S4Si2/c1-31-29-30(32-2)34-28(33-29)27-24-15-11-9-13-22(24)26(23-14-10-12-16-25(23)27)21(17-19-35(3,4)5)18-20-36(6,7)8/h9-16H,1-8H3. The maximum absolute atomic E-state index is 3.62. The summed E-state index contributed by atoms with van der Waals surface area (Å²) < 4.78 is 4.16. The lowest BCUT2D eigenvalue weighted by Gasteiger charge is -2.11. The van der Waals surface area contributed by atoms with Gasteiger partial charge in [-0.3, -0.25) is 0 Å². The van der Waals surface area contributed by atoms with Gasteiger partial charge in [0.2, 0.25) is 0 Å². The molecule has 0 N–H and O–H groups in total. The minimum absolute atomic E-state index is 0.975. The van der Waals surface area contributed by atoms with Gasteiger partial charge in [0, 0.05) is 10.4 Å². The van der Waals surface area contributed by atoms with Gasteiger partial charge in [0.05, 0.1) is 18.3 Å². The van der Waals surface area contributed by atoms with Crippen LogP contribution in [0.25, 0.3) is 31.4 Å². The van der Waals surface area contributed by atoms with E-state index in [1.54, 1.807) is 0 Å². The first kappa shape index (κ1) is 27.6. The Morgan fingerprint density at radius 2 is 1.03 bits per heavy atom. The summed E-state index contributed by atoms with van der Waals surface area (Å²) in [5, 5.41) is 7.59. The fraction of sp³-hybridized carbons (Fsp3) is 0.267. The van der Waals surface area contributed by atoms with Crippen molar-refractivity contribution in [2.24, 2.45) is 0 Å². The van der Waals surface area contributed by atoms with Gasteiger partial charge in [0.25, 0.3) is 0 Å². The Morgan fingerprint density at radius 3 is 1.39 bits per heavy atom. The molecule has 0 spiro atoms. The van der Waals surface area contributed by atoms with E-state index >= 15 is 0 Å². The van der Waals surface area contributed by atoms with E-state index in [1.165, 1.54) is 44.7 Å². The zero-order valence-corrected chi connectivity index (χ0v) is 27.5. The number of rotatable bonds is 2. The minimum atomic E-state index is -1.58. The van der Waals surface area contributed by atoms with E-state index < -0.39 is 16.1 Å². The van der Waals surface area contributed by atoms with Crippen LogP contribution in [-0.2, 0) is 0 Å². The summed E-state index contributed by atoms with van der Waals surface area (Å²) in [5.74, 6) is 7.20. The zero-order valence-electron chi connectivity index (χ0n) is 22.3. The maximum atomic E-state index is 3.62. The van der Waals surface area contributed by atoms with Crippen LogP contribution in [0.3, 0.4) is 0 Å². The van der Waals surface area contributed by atoms with Crippen LogP contribution in [0.15, 0.2) is 57.0 Å². The van der Waals surface area contributed by atoms with Gasteiger partial charge >= 0.3 is 0 Å². The molecule has 3 aromatic carbocycles. The maximum Gasteiger partial charge on any atom is 0.129 e. The van der Waals surface area contributed by atoms with E-state index in [2.05, 4.69) is 123 Å². The van der Waals surface area contributed by atoms with Crippen LogP contribution in [0.1, 0.15) is 0 Å². The molecule has 184 valence electrons. The summed E-state index contributed by atoms with van der Waals surface area (Å²) in [7, 11) is -3.16. The second-order valence-corrected chi connectivity index (χ2v) is 24.6. The van der Waals surface area contributed by atoms with E-state index in [9.17, 15) is 0 Å². The molecule has 3 aromatic rings. The Labute approximate surface area is 235 Å². The Bertz CT molecular complexity index is 1510. The number of hydrogen-bond donors (Lipinski definition) is 0. The average Bonchev–Trinajstić information content (AvgIpc) is 3.24. The largest absolute Gasteiger partial charge is 0.129 e. The van der Waals surface area contributed by atoms with Crippen LogP contribution >= 0.6 is 47.0 Å². The second kappa shape index (κ2) is 11.2. The van der Waals surface area contributed by atoms with Crippen molar-refractivity contribution in [1.82, 2.24) is 0 Å². The Balaban J connectivity index is 2.25. The molecule has 4 rings (SSSR count). The summed E-state index contributed by atoms with van der Waals surface area (Å²) in [5.41, 5.74) is 8.22. The molecule has 1 aliphatic rings. The lowest BCUT2D eigenvalue weighted by molar-refractivity contribution is 1.67. The van der Waals surface area contributed by atoms with Crippen molar-refractivity contribution in [3.05, 3.63) is 67.4 Å². The second-order valence-electron chi connectivity index (χ2n) is 10.7. The van der Waals surface area contributed by atoms with Crippen molar-refractivity contribution in [2.75, 3.05) is 12.5 Å². The van der Waals surface area contributed by atoms with Gasteiger partial charge in [-0.2, -0.15) is 0 Å². The van der Waals surface area contributed by atoms with Gasteiger partial charge in [0.15, 0.2) is 0 Å². The molecule has 0 radical (unpaired) electrons. The minimum Gasteiger partial charge on any atom is -0.126 e. The Morgan fingerprint density at radius 1 is 0.639 bits per heavy atom. The number of hydrogen-bond acceptors (Lipinski definition) is 4. The molecule has 0 nitrogen and oxygen atoms in total. The third kappa shape index (κ3) is 6.18. The Hall–Kier alpha value is -1.39. The lowest BCUT2D eigenvalue weighted by Crippen LogP contribution is -2.20. The van der Waals surface area contributed by atoms with Crippen molar-refractivity contribution >= 4 is 94.6 Å². The first-order valence-corrected chi connectivity index (χ1v) is 23.0. The normalized spacial score (nSPS) is 14.1. The number of thioether (sulfide) groups is 4. The summed E-state index contributed by atoms with van der Waals surface area (Å²) in [4.78, 5) is 0. The van der Waals surface area contributed by atoms with Crippen LogP contribution in [0.4, 0.5) is 0 Å². The summed E-state index contributed by atoms with van der Waals surface area (Å²) in [6, 6.07) is 17.7. The molecule has 0 aliphatic carbocycles. The molecular weight excluding hydrogens is 545 g/mol. The summed E-state index contributed by atoms with van der Waals surface area (Å²) in [6.45, 7) is 13.8. The van der Waals surface area contributed by atoms with Gasteiger partial charge in [-0.25, -0.2) is 0 Å². The SMILES string of the molecule is CSC1=C(SC)SC(=c2c3ccccc3c(=C(C#C[Si](C)(C)C)C#C[Si](C)(C)C)c3ccccc23)S1. The molecule has 0 amide bonds. The molecule has 36 heavy (non-hydrogen) atoms. The number of benzene rings is 3. The van der Waals surface area contributed by atoms with E-state index in [4.69, 9.17) is 0 Å². The first-order valence-electron chi connectivity index (χ1n) is 11.9. The van der Waals surface area contributed by atoms with Gasteiger partial charge < -0.3 is 0 Å². The summed E-state index contributed by atoms with van der Waals surface area (Å²) in [6.07, 6.45) is 4.36. The van der Waals surface area contributed by atoms with E-state index in [0.29, 0.717) is 0 Å². The monoisotopic (exact) mass is 576 g/mol. The van der Waals surface area contributed by atoms with Crippen molar-refractivity contribution in [1.29, 1.82) is 0 Å². The topological polar surface area (TPSA) is 0 Å².